The maximum atomic E-state index is 11.1. The SMILES string of the molecule is Cc1c(Cl)cccc1N1CCC(N)(C(=O)O)C1. The monoisotopic (exact) mass is 254 g/mol. The molecule has 3 N–H and O–H groups in total. The van der Waals surface area contributed by atoms with Crippen LogP contribution >= 0.6 is 11.6 Å². The molecule has 1 aliphatic heterocycles. The Balaban J connectivity index is 2.27. The van der Waals surface area contributed by atoms with Gasteiger partial charge in [-0.05, 0) is 31.0 Å². The van der Waals surface area contributed by atoms with E-state index in [9.17, 15) is 4.79 Å². The molecular formula is C12H15ClN2O2. The highest BCUT2D eigenvalue weighted by Crippen LogP contribution is 2.31. The molecule has 1 aromatic carbocycles. The first-order valence-corrected chi connectivity index (χ1v) is 5.84. The van der Waals surface area contributed by atoms with Crippen molar-refractivity contribution < 1.29 is 9.90 Å². The van der Waals surface area contributed by atoms with Crippen LogP contribution in [0.1, 0.15) is 12.0 Å². The average Bonchev–Trinajstić information content (AvgIpc) is 2.66. The fraction of sp³-hybridized carbons (Fsp3) is 0.417. The van der Waals surface area contributed by atoms with Crippen molar-refractivity contribution >= 4 is 23.3 Å². The Hall–Kier alpha value is -1.26. The van der Waals surface area contributed by atoms with Crippen molar-refractivity contribution in [2.75, 3.05) is 18.0 Å². The highest BCUT2D eigenvalue weighted by atomic mass is 35.5. The van der Waals surface area contributed by atoms with E-state index in [4.69, 9.17) is 22.4 Å². The molecule has 1 heterocycles. The lowest BCUT2D eigenvalue weighted by Crippen LogP contribution is -2.50. The first kappa shape index (κ1) is 12.2. The van der Waals surface area contributed by atoms with Gasteiger partial charge in [0.25, 0.3) is 0 Å². The molecule has 1 unspecified atom stereocenters. The van der Waals surface area contributed by atoms with E-state index in [0.717, 1.165) is 11.3 Å². The first-order valence-electron chi connectivity index (χ1n) is 5.46. The van der Waals surface area contributed by atoms with Gasteiger partial charge in [-0.15, -0.1) is 0 Å². The highest BCUT2D eigenvalue weighted by molar-refractivity contribution is 6.31. The number of nitrogens with zero attached hydrogens (tertiary/aromatic N) is 1. The van der Waals surface area contributed by atoms with Crippen molar-refractivity contribution in [1.29, 1.82) is 0 Å². The molecule has 0 bridgehead atoms. The molecule has 0 aromatic heterocycles. The van der Waals surface area contributed by atoms with Crippen molar-refractivity contribution in [3.05, 3.63) is 28.8 Å². The molecule has 1 saturated heterocycles. The fourth-order valence-electron chi connectivity index (χ4n) is 2.15. The van der Waals surface area contributed by atoms with E-state index in [-0.39, 0.29) is 0 Å². The van der Waals surface area contributed by atoms with Crippen LogP contribution in [0.4, 0.5) is 5.69 Å². The van der Waals surface area contributed by atoms with Crippen LogP contribution in [-0.4, -0.2) is 29.7 Å². The normalized spacial score (nSPS) is 24.1. The smallest absolute Gasteiger partial charge is 0.325 e. The van der Waals surface area contributed by atoms with E-state index >= 15 is 0 Å². The molecule has 0 aliphatic carbocycles. The van der Waals surface area contributed by atoms with Crippen LogP contribution in [0.25, 0.3) is 0 Å². The molecule has 1 aromatic rings. The Morgan fingerprint density at radius 2 is 2.29 bits per heavy atom. The summed E-state index contributed by atoms with van der Waals surface area (Å²) in [6.07, 6.45) is 0.453. The van der Waals surface area contributed by atoms with Gasteiger partial charge >= 0.3 is 5.97 Å². The van der Waals surface area contributed by atoms with E-state index in [1.165, 1.54) is 0 Å². The molecule has 2 rings (SSSR count). The molecular weight excluding hydrogens is 240 g/mol. The van der Waals surface area contributed by atoms with Crippen LogP contribution in [0.3, 0.4) is 0 Å². The van der Waals surface area contributed by atoms with Gasteiger partial charge in [-0.3, -0.25) is 4.79 Å². The van der Waals surface area contributed by atoms with Gasteiger partial charge in [0.1, 0.15) is 5.54 Å². The van der Waals surface area contributed by atoms with Gasteiger partial charge in [0.15, 0.2) is 0 Å². The third-order valence-corrected chi connectivity index (χ3v) is 3.72. The standard InChI is InChI=1S/C12H15ClN2O2/c1-8-9(13)3-2-4-10(8)15-6-5-12(14,7-15)11(16)17/h2-4H,5-7,14H2,1H3,(H,16,17). The van der Waals surface area contributed by atoms with E-state index in [1.54, 1.807) is 0 Å². The van der Waals surface area contributed by atoms with Crippen LogP contribution in [-0.2, 0) is 4.79 Å². The molecule has 5 heteroatoms. The van der Waals surface area contributed by atoms with E-state index in [2.05, 4.69) is 0 Å². The summed E-state index contributed by atoms with van der Waals surface area (Å²) >= 11 is 6.05. The molecule has 4 nitrogen and oxygen atoms in total. The lowest BCUT2D eigenvalue weighted by atomic mass is 10.0. The van der Waals surface area contributed by atoms with Gasteiger partial charge in [0, 0.05) is 23.8 Å². The third-order valence-electron chi connectivity index (χ3n) is 3.31. The highest BCUT2D eigenvalue weighted by Gasteiger charge is 2.41. The van der Waals surface area contributed by atoms with Crippen molar-refractivity contribution in [3.63, 3.8) is 0 Å². The second-order valence-corrected chi connectivity index (χ2v) is 4.92. The molecule has 92 valence electrons. The second kappa shape index (κ2) is 4.20. The maximum absolute atomic E-state index is 11.1. The van der Waals surface area contributed by atoms with Crippen LogP contribution in [0.2, 0.25) is 5.02 Å². The average molecular weight is 255 g/mol. The molecule has 1 fully saturated rings. The van der Waals surface area contributed by atoms with Gasteiger partial charge in [0.2, 0.25) is 0 Å². The summed E-state index contributed by atoms with van der Waals surface area (Å²) in [6.45, 7) is 2.89. The number of hydrogen-bond donors (Lipinski definition) is 2. The van der Waals surface area contributed by atoms with Crippen LogP contribution in [0.5, 0.6) is 0 Å². The number of carboxylic acid groups (broad SMARTS) is 1. The Morgan fingerprint density at radius 1 is 1.59 bits per heavy atom. The zero-order chi connectivity index (χ0) is 12.6. The molecule has 17 heavy (non-hydrogen) atoms. The second-order valence-electron chi connectivity index (χ2n) is 4.52. The largest absolute Gasteiger partial charge is 0.480 e. The first-order chi connectivity index (χ1) is 7.94. The molecule has 0 amide bonds. The van der Waals surface area contributed by atoms with Crippen molar-refractivity contribution in [2.24, 2.45) is 5.73 Å². The third kappa shape index (κ3) is 2.10. The number of carboxylic acids is 1. The minimum Gasteiger partial charge on any atom is -0.480 e. The zero-order valence-corrected chi connectivity index (χ0v) is 10.4. The molecule has 0 radical (unpaired) electrons. The number of hydrogen-bond acceptors (Lipinski definition) is 3. The number of anilines is 1. The van der Waals surface area contributed by atoms with Gasteiger partial charge in [-0.1, -0.05) is 17.7 Å². The summed E-state index contributed by atoms with van der Waals surface area (Å²) in [6, 6.07) is 5.63. The van der Waals surface area contributed by atoms with Gasteiger partial charge < -0.3 is 15.7 Å². The quantitative estimate of drug-likeness (QED) is 0.842. The summed E-state index contributed by atoms with van der Waals surface area (Å²) in [5.41, 5.74) is 6.63. The molecule has 1 aliphatic rings. The minimum absolute atomic E-state index is 0.323. The van der Waals surface area contributed by atoms with Gasteiger partial charge in [-0.25, -0.2) is 0 Å². The number of benzene rings is 1. The Bertz CT molecular complexity index is 464. The number of rotatable bonds is 2. The number of aliphatic carboxylic acids is 1. The Kier molecular flexibility index (Phi) is 3.02. The van der Waals surface area contributed by atoms with E-state index in [1.807, 2.05) is 30.0 Å². The lowest BCUT2D eigenvalue weighted by molar-refractivity contribution is -0.142. The summed E-state index contributed by atoms with van der Waals surface area (Å²) in [5, 5.41) is 9.77. The van der Waals surface area contributed by atoms with Crippen molar-refractivity contribution in [2.45, 2.75) is 18.9 Å². The number of carbonyl (C=O) groups is 1. The Labute approximate surface area is 105 Å². The van der Waals surface area contributed by atoms with Crippen molar-refractivity contribution in [1.82, 2.24) is 0 Å². The predicted molar refractivity (Wildman–Crippen MR) is 67.6 cm³/mol. The fourth-order valence-corrected chi connectivity index (χ4v) is 2.32. The van der Waals surface area contributed by atoms with Gasteiger partial charge in [0.05, 0.1) is 0 Å². The zero-order valence-electron chi connectivity index (χ0n) is 9.61. The minimum atomic E-state index is -1.14. The molecule has 0 saturated carbocycles. The maximum Gasteiger partial charge on any atom is 0.325 e. The van der Waals surface area contributed by atoms with Crippen LogP contribution < -0.4 is 10.6 Å². The summed E-state index contributed by atoms with van der Waals surface area (Å²) in [5.74, 6) is -0.945. The van der Waals surface area contributed by atoms with Gasteiger partial charge in [-0.2, -0.15) is 0 Å². The number of nitrogens with two attached hydrogens (primary N) is 1. The van der Waals surface area contributed by atoms with Crippen LogP contribution in [0, 0.1) is 6.92 Å². The Morgan fingerprint density at radius 3 is 2.88 bits per heavy atom. The van der Waals surface area contributed by atoms with E-state index < -0.39 is 11.5 Å². The van der Waals surface area contributed by atoms with Crippen molar-refractivity contribution in [3.8, 4) is 0 Å². The molecule has 0 spiro atoms. The summed E-state index contributed by atoms with van der Waals surface area (Å²) in [7, 11) is 0. The summed E-state index contributed by atoms with van der Waals surface area (Å²) < 4.78 is 0. The lowest BCUT2D eigenvalue weighted by Gasteiger charge is -2.23. The topological polar surface area (TPSA) is 66.6 Å². The summed E-state index contributed by atoms with van der Waals surface area (Å²) in [4.78, 5) is 13.1. The predicted octanol–water partition coefficient (Wildman–Crippen LogP) is 1.64. The van der Waals surface area contributed by atoms with E-state index in [0.29, 0.717) is 24.5 Å². The number of halogens is 1. The van der Waals surface area contributed by atoms with Crippen LogP contribution in [0.15, 0.2) is 18.2 Å². The molecule has 1 atom stereocenters.